The molecule has 1 unspecified atom stereocenters. The zero-order valence-electron chi connectivity index (χ0n) is 10.6. The molecule has 0 aliphatic carbocycles. The van der Waals surface area contributed by atoms with Gasteiger partial charge >= 0.3 is 0 Å². The number of pyridine rings is 1. The highest BCUT2D eigenvalue weighted by Gasteiger charge is 2.17. The summed E-state index contributed by atoms with van der Waals surface area (Å²) in [4.78, 5) is 4.22. The number of hydrogen-bond acceptors (Lipinski definition) is 4. The molecule has 0 fully saturated rings. The van der Waals surface area contributed by atoms with Crippen LogP contribution in [-0.2, 0) is 0 Å². The number of rotatable bonds is 3. The Hall–Kier alpha value is -1.75. The van der Waals surface area contributed by atoms with Crippen LogP contribution in [0.25, 0.3) is 10.1 Å². The average Bonchev–Trinajstić information content (AvgIpc) is 2.91. The highest BCUT2D eigenvalue weighted by atomic mass is 32.1. The van der Waals surface area contributed by atoms with Crippen molar-refractivity contribution >= 4 is 21.4 Å². The summed E-state index contributed by atoms with van der Waals surface area (Å²) in [6.07, 6.45) is 3.68. The number of nitrogens with two attached hydrogens (primary N) is 1. The SMILES string of the molecule is Cc1ccncc1C(NN)c1cccc2ccsc12. The van der Waals surface area contributed by atoms with E-state index in [-0.39, 0.29) is 6.04 Å². The van der Waals surface area contributed by atoms with Crippen molar-refractivity contribution in [3.63, 3.8) is 0 Å². The summed E-state index contributed by atoms with van der Waals surface area (Å²) in [6, 6.07) is 10.4. The zero-order chi connectivity index (χ0) is 13.2. The first kappa shape index (κ1) is 12.3. The topological polar surface area (TPSA) is 50.9 Å². The van der Waals surface area contributed by atoms with Crippen LogP contribution >= 0.6 is 11.3 Å². The van der Waals surface area contributed by atoms with E-state index in [0.29, 0.717) is 0 Å². The first-order valence-corrected chi connectivity index (χ1v) is 7.02. The first-order chi connectivity index (χ1) is 9.31. The number of fused-ring (bicyclic) bond motifs is 1. The van der Waals surface area contributed by atoms with Gasteiger partial charge in [-0.1, -0.05) is 18.2 Å². The van der Waals surface area contributed by atoms with Crippen LogP contribution in [0.2, 0.25) is 0 Å². The maximum Gasteiger partial charge on any atom is 0.0741 e. The Bertz CT molecular complexity index is 705. The maximum atomic E-state index is 5.79. The number of thiophene rings is 1. The molecule has 0 radical (unpaired) electrons. The smallest absolute Gasteiger partial charge is 0.0741 e. The molecule has 0 aliphatic rings. The summed E-state index contributed by atoms with van der Waals surface area (Å²) < 4.78 is 1.27. The number of aromatic nitrogens is 1. The van der Waals surface area contributed by atoms with Crippen molar-refractivity contribution in [2.24, 2.45) is 5.84 Å². The summed E-state index contributed by atoms with van der Waals surface area (Å²) in [5.74, 6) is 5.79. The summed E-state index contributed by atoms with van der Waals surface area (Å²) in [5.41, 5.74) is 6.43. The second-order valence-electron chi connectivity index (χ2n) is 4.52. The van der Waals surface area contributed by atoms with Crippen LogP contribution in [0.15, 0.2) is 48.1 Å². The molecule has 0 saturated carbocycles. The molecule has 3 N–H and O–H groups in total. The predicted molar refractivity (Wildman–Crippen MR) is 80.0 cm³/mol. The van der Waals surface area contributed by atoms with Crippen molar-refractivity contribution in [3.8, 4) is 0 Å². The van der Waals surface area contributed by atoms with Crippen LogP contribution in [0.1, 0.15) is 22.7 Å². The monoisotopic (exact) mass is 269 g/mol. The van der Waals surface area contributed by atoms with Crippen LogP contribution < -0.4 is 11.3 Å². The van der Waals surface area contributed by atoms with Gasteiger partial charge in [-0.2, -0.15) is 0 Å². The van der Waals surface area contributed by atoms with E-state index >= 15 is 0 Å². The Morgan fingerprint density at radius 2 is 2.11 bits per heavy atom. The number of hydrazine groups is 1. The van der Waals surface area contributed by atoms with E-state index in [2.05, 4.69) is 47.0 Å². The number of nitrogens with zero attached hydrogens (tertiary/aromatic N) is 1. The molecule has 2 heterocycles. The quantitative estimate of drug-likeness (QED) is 0.567. The molecular formula is C15H15N3S. The minimum Gasteiger partial charge on any atom is -0.271 e. The van der Waals surface area contributed by atoms with Gasteiger partial charge in [-0.15, -0.1) is 11.3 Å². The number of benzene rings is 1. The van der Waals surface area contributed by atoms with E-state index in [1.165, 1.54) is 21.2 Å². The maximum absolute atomic E-state index is 5.79. The normalized spacial score (nSPS) is 12.7. The highest BCUT2D eigenvalue weighted by Crippen LogP contribution is 2.32. The molecule has 19 heavy (non-hydrogen) atoms. The summed E-state index contributed by atoms with van der Waals surface area (Å²) in [5, 5.41) is 3.36. The Labute approximate surface area is 116 Å². The van der Waals surface area contributed by atoms with Crippen LogP contribution in [0.3, 0.4) is 0 Å². The van der Waals surface area contributed by atoms with E-state index < -0.39 is 0 Å². The molecule has 1 aromatic carbocycles. The Balaban J connectivity index is 2.18. The van der Waals surface area contributed by atoms with E-state index in [1.807, 2.05) is 12.3 Å². The van der Waals surface area contributed by atoms with Crippen molar-refractivity contribution in [1.29, 1.82) is 0 Å². The molecule has 1 atom stereocenters. The fourth-order valence-corrected chi connectivity index (χ4v) is 3.31. The van der Waals surface area contributed by atoms with Crippen LogP contribution in [0.5, 0.6) is 0 Å². The van der Waals surface area contributed by atoms with Crippen molar-refractivity contribution in [2.75, 3.05) is 0 Å². The summed E-state index contributed by atoms with van der Waals surface area (Å²) in [6.45, 7) is 2.08. The van der Waals surface area contributed by atoms with Gasteiger partial charge in [0, 0.05) is 17.1 Å². The van der Waals surface area contributed by atoms with Crippen LogP contribution in [0, 0.1) is 6.92 Å². The molecule has 2 aromatic heterocycles. The minimum absolute atomic E-state index is 0.0314. The fourth-order valence-electron chi connectivity index (χ4n) is 2.37. The van der Waals surface area contributed by atoms with E-state index in [1.54, 1.807) is 17.5 Å². The molecule has 3 nitrogen and oxygen atoms in total. The predicted octanol–water partition coefficient (Wildman–Crippen LogP) is 3.16. The van der Waals surface area contributed by atoms with Gasteiger partial charge in [0.2, 0.25) is 0 Å². The number of nitrogens with one attached hydrogen (secondary N) is 1. The molecule has 0 aliphatic heterocycles. The third kappa shape index (κ3) is 2.14. The molecule has 0 amide bonds. The van der Waals surface area contributed by atoms with Crippen molar-refractivity contribution in [3.05, 3.63) is 64.8 Å². The van der Waals surface area contributed by atoms with Crippen molar-refractivity contribution < 1.29 is 0 Å². The van der Waals surface area contributed by atoms with E-state index in [9.17, 15) is 0 Å². The molecule has 4 heteroatoms. The summed E-state index contributed by atoms with van der Waals surface area (Å²) in [7, 11) is 0. The zero-order valence-corrected chi connectivity index (χ0v) is 11.4. The highest BCUT2D eigenvalue weighted by molar-refractivity contribution is 7.17. The third-order valence-electron chi connectivity index (χ3n) is 3.38. The van der Waals surface area contributed by atoms with Crippen molar-refractivity contribution in [2.45, 2.75) is 13.0 Å². The van der Waals surface area contributed by atoms with Crippen molar-refractivity contribution in [1.82, 2.24) is 10.4 Å². The van der Waals surface area contributed by atoms with Gasteiger partial charge in [0.1, 0.15) is 0 Å². The number of hydrogen-bond donors (Lipinski definition) is 2. The lowest BCUT2D eigenvalue weighted by atomic mass is 9.96. The Kier molecular flexibility index (Phi) is 3.29. The van der Waals surface area contributed by atoms with Gasteiger partial charge < -0.3 is 0 Å². The average molecular weight is 269 g/mol. The molecule has 96 valence electrons. The van der Waals surface area contributed by atoms with Gasteiger partial charge in [-0.3, -0.25) is 10.8 Å². The van der Waals surface area contributed by atoms with Gasteiger partial charge in [0.15, 0.2) is 0 Å². The molecule has 0 spiro atoms. The second-order valence-corrected chi connectivity index (χ2v) is 5.43. The first-order valence-electron chi connectivity index (χ1n) is 6.14. The van der Waals surface area contributed by atoms with Crippen LogP contribution in [-0.4, -0.2) is 4.98 Å². The second kappa shape index (κ2) is 5.09. The standard InChI is InChI=1S/C15H15N3S/c1-10-5-7-17-9-13(10)14(18-16)12-4-2-3-11-6-8-19-15(11)12/h2-9,14,18H,16H2,1H3. The lowest BCUT2D eigenvalue weighted by Crippen LogP contribution is -2.29. The largest absolute Gasteiger partial charge is 0.271 e. The summed E-state index contributed by atoms with van der Waals surface area (Å²) >= 11 is 1.74. The van der Waals surface area contributed by atoms with Gasteiger partial charge in [0.25, 0.3) is 0 Å². The molecule has 0 saturated heterocycles. The van der Waals surface area contributed by atoms with E-state index in [0.717, 1.165) is 5.56 Å². The third-order valence-corrected chi connectivity index (χ3v) is 4.36. The lowest BCUT2D eigenvalue weighted by molar-refractivity contribution is 0.636. The van der Waals surface area contributed by atoms with Gasteiger partial charge in [0.05, 0.1) is 6.04 Å². The Morgan fingerprint density at radius 3 is 2.89 bits per heavy atom. The van der Waals surface area contributed by atoms with Crippen LogP contribution in [0.4, 0.5) is 0 Å². The van der Waals surface area contributed by atoms with Gasteiger partial charge in [-0.05, 0) is 46.5 Å². The molecule has 3 aromatic rings. The van der Waals surface area contributed by atoms with Gasteiger partial charge in [-0.25, -0.2) is 5.43 Å². The number of aryl methyl sites for hydroxylation is 1. The Morgan fingerprint density at radius 1 is 1.21 bits per heavy atom. The molecular weight excluding hydrogens is 254 g/mol. The fraction of sp³-hybridized carbons (Fsp3) is 0.133. The molecule has 3 rings (SSSR count). The lowest BCUT2D eigenvalue weighted by Gasteiger charge is -2.19. The minimum atomic E-state index is -0.0314. The molecule has 0 bridgehead atoms. The van der Waals surface area contributed by atoms with E-state index in [4.69, 9.17) is 5.84 Å².